The van der Waals surface area contributed by atoms with Crippen molar-refractivity contribution in [2.75, 3.05) is 59.7 Å². The second-order valence-corrected chi connectivity index (χ2v) is 29.0. The van der Waals surface area contributed by atoms with E-state index in [0.29, 0.717) is 0 Å². The molecule has 0 spiro atoms. The molecule has 12 aromatic rings. The fourth-order valence-electron chi connectivity index (χ4n) is 14.0. The van der Waals surface area contributed by atoms with Gasteiger partial charge in [-0.05, 0) is 308 Å². The first-order valence-corrected chi connectivity index (χ1v) is 36.9. The highest BCUT2D eigenvalue weighted by molar-refractivity contribution is 5.75. The molecule has 103 heavy (non-hydrogen) atoms. The van der Waals surface area contributed by atoms with E-state index < -0.39 is 0 Å². The van der Waals surface area contributed by atoms with Crippen LogP contribution in [0, 0.1) is 104 Å². The van der Waals surface area contributed by atoms with E-state index in [2.05, 4.69) is 406 Å². The molecule has 0 amide bonds. The third kappa shape index (κ3) is 20.5. The molecule has 0 saturated heterocycles. The van der Waals surface area contributed by atoms with E-state index in [9.17, 15) is 0 Å². The lowest BCUT2D eigenvalue weighted by Crippen LogP contribution is -2.14. The van der Waals surface area contributed by atoms with Crippen molar-refractivity contribution in [3.63, 3.8) is 0 Å². The molecule has 0 heterocycles. The van der Waals surface area contributed by atoms with Gasteiger partial charge in [-0.15, -0.1) is 0 Å². The van der Waals surface area contributed by atoms with Gasteiger partial charge >= 0.3 is 0 Å². The number of aryl methyl sites for hydroxylation is 15. The molecule has 530 valence electrons. The first-order valence-electron chi connectivity index (χ1n) is 36.9. The van der Waals surface area contributed by atoms with Gasteiger partial charge in [0.05, 0.1) is 0 Å². The van der Waals surface area contributed by atoms with Crippen LogP contribution in [0.5, 0.6) is 0 Å². The summed E-state index contributed by atoms with van der Waals surface area (Å²) in [6, 6.07) is 91.7. The van der Waals surface area contributed by atoms with Crippen LogP contribution < -0.4 is 24.5 Å². The Balaban J connectivity index is 0.000000150. The first-order chi connectivity index (χ1) is 49.3. The molecule has 0 radical (unpaired) electrons. The maximum absolute atomic E-state index is 2.34. The number of benzene rings is 12. The molecular weight excluding hydrogens is 1250 g/mol. The molecule has 5 nitrogen and oxygen atoms in total. The van der Waals surface area contributed by atoms with Gasteiger partial charge in [0.2, 0.25) is 0 Å². The quantitative estimate of drug-likeness (QED) is 0.114. The number of hydrogen-bond acceptors (Lipinski definition) is 5. The van der Waals surface area contributed by atoms with Crippen molar-refractivity contribution in [1.82, 2.24) is 0 Å². The van der Waals surface area contributed by atoms with Crippen molar-refractivity contribution in [3.05, 3.63) is 344 Å². The highest BCUT2D eigenvalue weighted by Gasteiger charge is 2.18. The topological polar surface area (TPSA) is 16.2 Å². The van der Waals surface area contributed by atoms with Crippen LogP contribution in [-0.4, -0.2) is 35.2 Å². The van der Waals surface area contributed by atoms with Gasteiger partial charge in [0.1, 0.15) is 0 Å². The van der Waals surface area contributed by atoms with Crippen LogP contribution in [-0.2, 0) is 0 Å². The molecule has 0 bridgehead atoms. The molecule has 1 aliphatic carbocycles. The lowest BCUT2D eigenvalue weighted by atomic mass is 9.84. The molecule has 1 saturated carbocycles. The summed E-state index contributed by atoms with van der Waals surface area (Å²) in [5.41, 5.74) is 38.9. The normalized spacial score (nSPS) is 11.7. The standard InChI is InChI=1S/C21H27N.C21H21N.C20H19N.2C18H23N/c2*1-16-9-12-21(15-17(16)2)22(3)20-13-10-19(11-14-20)18-7-5-4-6-8-18;1-16-8-12-19(13-9-16)21(2)20-14-10-18(11-15-20)17-6-4-3-5-7-17;1-12-7-8-17(14(3)9-12)19(6)18-15(4)10-13(2)11-16(18)5;1-12-7-8-13(2)17(9-12)19(6)18-11-15(4)14(3)10-16(18)5/h9-15,18H,4-8H2,1-3H3;4-15H,1-3H3;3-15H,1-2H3;2*7-11H,1-6H3. The zero-order chi connectivity index (χ0) is 74.0. The summed E-state index contributed by atoms with van der Waals surface area (Å²) in [7, 11) is 10.7. The minimum Gasteiger partial charge on any atom is -0.345 e. The third-order valence-corrected chi connectivity index (χ3v) is 20.8. The Kier molecular flexibility index (Phi) is 26.8. The van der Waals surface area contributed by atoms with E-state index in [1.807, 2.05) is 12.1 Å². The Labute approximate surface area is 620 Å². The molecular formula is C98H113N5. The summed E-state index contributed by atoms with van der Waals surface area (Å²) in [5, 5.41) is 0. The number of anilines is 10. The van der Waals surface area contributed by atoms with Crippen molar-refractivity contribution in [2.45, 2.75) is 142 Å². The molecule has 0 atom stereocenters. The van der Waals surface area contributed by atoms with Crippen molar-refractivity contribution >= 4 is 56.9 Å². The van der Waals surface area contributed by atoms with Crippen LogP contribution >= 0.6 is 0 Å². The molecule has 0 aliphatic heterocycles. The van der Waals surface area contributed by atoms with Gasteiger partial charge in [0, 0.05) is 92.1 Å². The average Bonchev–Trinajstić information content (AvgIpc) is 0.812. The Morgan fingerprint density at radius 2 is 0.563 bits per heavy atom. The summed E-state index contributed by atoms with van der Waals surface area (Å²) in [6.45, 7) is 32.4. The van der Waals surface area contributed by atoms with Crippen LogP contribution in [0.25, 0.3) is 22.3 Å². The maximum Gasteiger partial charge on any atom is 0.0467 e. The first kappa shape index (κ1) is 76.8. The molecule has 0 aromatic heterocycles. The average molecular weight is 1360 g/mol. The SMILES string of the molecule is Cc1ccc(C)c(N(C)c2cc(C)c(C)cc2C)c1.Cc1ccc(N(C)c2c(C)cc(C)cc2C)c(C)c1.Cc1ccc(N(C)c2ccc(-c3ccccc3)cc2)cc1.Cc1ccc(N(C)c2ccc(-c3ccccc3)cc2)cc1C.Cc1ccc(N(C)c2ccc(C3CCCCC3)cc2)cc1C. The van der Waals surface area contributed by atoms with Gasteiger partial charge in [-0.25, -0.2) is 0 Å². The van der Waals surface area contributed by atoms with Crippen molar-refractivity contribution in [1.29, 1.82) is 0 Å². The monoisotopic (exact) mass is 1360 g/mol. The van der Waals surface area contributed by atoms with Crippen molar-refractivity contribution < 1.29 is 0 Å². The number of nitrogens with zero attached hydrogens (tertiary/aromatic N) is 5. The zero-order valence-corrected chi connectivity index (χ0v) is 65.6. The Bertz CT molecular complexity index is 4670. The lowest BCUT2D eigenvalue weighted by Gasteiger charge is -2.26. The molecule has 0 N–H and O–H groups in total. The van der Waals surface area contributed by atoms with Gasteiger partial charge in [-0.1, -0.05) is 200 Å². The van der Waals surface area contributed by atoms with E-state index in [1.54, 1.807) is 0 Å². The van der Waals surface area contributed by atoms with Gasteiger partial charge in [0.25, 0.3) is 0 Å². The largest absolute Gasteiger partial charge is 0.345 e. The van der Waals surface area contributed by atoms with E-state index in [4.69, 9.17) is 0 Å². The second kappa shape index (κ2) is 36.0. The summed E-state index contributed by atoms with van der Waals surface area (Å²) in [5.74, 6) is 0.787. The Hall–Kier alpha value is -10.4. The summed E-state index contributed by atoms with van der Waals surface area (Å²) in [6.07, 6.45) is 6.95. The second-order valence-electron chi connectivity index (χ2n) is 29.0. The summed E-state index contributed by atoms with van der Waals surface area (Å²) < 4.78 is 0. The van der Waals surface area contributed by atoms with Gasteiger partial charge in [-0.3, -0.25) is 0 Å². The lowest BCUT2D eigenvalue weighted by molar-refractivity contribution is 0.443. The highest BCUT2D eigenvalue weighted by atomic mass is 15.1. The summed E-state index contributed by atoms with van der Waals surface area (Å²) >= 11 is 0. The van der Waals surface area contributed by atoms with Gasteiger partial charge in [0.15, 0.2) is 0 Å². The Morgan fingerprint density at radius 1 is 0.214 bits per heavy atom. The fourth-order valence-corrected chi connectivity index (χ4v) is 14.0. The van der Waals surface area contributed by atoms with Crippen LogP contribution in [0.4, 0.5) is 56.9 Å². The fraction of sp³-hybridized carbons (Fsp3) is 0.265. The van der Waals surface area contributed by atoms with E-state index in [1.165, 1.54) is 200 Å². The van der Waals surface area contributed by atoms with Crippen LogP contribution in [0.2, 0.25) is 0 Å². The Morgan fingerprint density at radius 3 is 1.03 bits per heavy atom. The van der Waals surface area contributed by atoms with Gasteiger partial charge < -0.3 is 24.5 Å². The molecule has 1 fully saturated rings. The van der Waals surface area contributed by atoms with Crippen LogP contribution in [0.15, 0.2) is 255 Å². The highest BCUT2D eigenvalue weighted by Crippen LogP contribution is 2.38. The third-order valence-electron chi connectivity index (χ3n) is 20.8. The summed E-state index contributed by atoms with van der Waals surface area (Å²) in [4.78, 5) is 11.3. The number of hydrogen-bond donors (Lipinski definition) is 0. The maximum atomic E-state index is 2.34. The molecule has 13 rings (SSSR count). The van der Waals surface area contributed by atoms with Crippen LogP contribution in [0.3, 0.4) is 0 Å². The minimum absolute atomic E-state index is 0.787. The van der Waals surface area contributed by atoms with E-state index in [0.717, 1.165) is 5.92 Å². The molecule has 1 aliphatic rings. The van der Waals surface area contributed by atoms with E-state index in [-0.39, 0.29) is 0 Å². The van der Waals surface area contributed by atoms with E-state index >= 15 is 0 Å². The smallest absolute Gasteiger partial charge is 0.0467 e. The van der Waals surface area contributed by atoms with Crippen molar-refractivity contribution in [2.24, 2.45) is 0 Å². The minimum atomic E-state index is 0.787. The predicted molar refractivity (Wildman–Crippen MR) is 452 cm³/mol. The zero-order valence-electron chi connectivity index (χ0n) is 65.6. The molecule has 5 heteroatoms. The van der Waals surface area contributed by atoms with Crippen molar-refractivity contribution in [3.8, 4) is 22.3 Å². The van der Waals surface area contributed by atoms with Crippen LogP contribution in [0.1, 0.15) is 127 Å². The molecule has 0 unspecified atom stereocenters. The predicted octanol–water partition coefficient (Wildman–Crippen LogP) is 27.3. The molecule has 12 aromatic carbocycles. The van der Waals surface area contributed by atoms with Gasteiger partial charge in [-0.2, -0.15) is 0 Å². The number of rotatable bonds is 13.